The molecule has 0 fully saturated rings. The van der Waals surface area contributed by atoms with Gasteiger partial charge in [0.15, 0.2) is 11.5 Å². The lowest BCUT2D eigenvalue weighted by atomic mass is 9.91. The molecule has 17 nitrogen and oxygen atoms in total. The fourth-order valence-electron chi connectivity index (χ4n) is 5.74. The van der Waals surface area contributed by atoms with Crippen LogP contribution in [0.3, 0.4) is 0 Å². The van der Waals surface area contributed by atoms with Crippen molar-refractivity contribution in [1.29, 1.82) is 0 Å². The lowest BCUT2D eigenvalue weighted by Crippen LogP contribution is -2.45. The third kappa shape index (κ3) is 16.3. The summed E-state index contributed by atoms with van der Waals surface area (Å²) >= 11 is 0. The Kier molecular flexibility index (Phi) is 15.7. The highest BCUT2D eigenvalue weighted by molar-refractivity contribution is 5.99. The highest BCUT2D eigenvalue weighted by atomic mass is 16.6. The van der Waals surface area contributed by atoms with E-state index in [0.717, 1.165) is 9.80 Å². The average molecular weight is 845 g/mol. The van der Waals surface area contributed by atoms with Gasteiger partial charge in [-0.05, 0) is 110 Å². The van der Waals surface area contributed by atoms with Gasteiger partial charge in [0.2, 0.25) is 0 Å². The molecule has 3 rings (SSSR count). The first-order chi connectivity index (χ1) is 27.4. The van der Waals surface area contributed by atoms with Crippen LogP contribution in [-0.2, 0) is 35.0 Å². The molecule has 334 valence electrons. The topological polar surface area (TPSA) is 198 Å². The van der Waals surface area contributed by atoms with E-state index in [9.17, 15) is 28.8 Å². The largest absolute Gasteiger partial charge is 0.487 e. The van der Waals surface area contributed by atoms with Gasteiger partial charge in [0.1, 0.15) is 46.8 Å². The van der Waals surface area contributed by atoms with Crippen LogP contribution in [0.2, 0.25) is 0 Å². The minimum Gasteiger partial charge on any atom is -0.487 e. The molecule has 0 unspecified atom stereocenters. The van der Waals surface area contributed by atoms with Gasteiger partial charge in [0, 0.05) is 42.5 Å². The maximum Gasteiger partial charge on any atom is 0.412 e. The number of ether oxygens (including phenoxy) is 7. The predicted octanol–water partition coefficient (Wildman–Crippen LogP) is 7.28. The molecule has 0 bridgehead atoms. The molecule has 60 heavy (non-hydrogen) atoms. The normalized spacial score (nSPS) is 13.8. The molecule has 2 aromatic rings. The van der Waals surface area contributed by atoms with Gasteiger partial charge < -0.3 is 43.8 Å². The van der Waals surface area contributed by atoms with E-state index in [1.807, 2.05) is 13.8 Å². The number of benzene rings is 2. The molecule has 0 spiro atoms. The van der Waals surface area contributed by atoms with Gasteiger partial charge in [-0.3, -0.25) is 19.4 Å². The van der Waals surface area contributed by atoms with Crippen LogP contribution in [0.5, 0.6) is 17.2 Å². The molecule has 17 heteroatoms. The zero-order chi connectivity index (χ0) is 45.4. The second-order valence-corrected chi connectivity index (χ2v) is 19.0. The minimum atomic E-state index is -0.945. The minimum absolute atomic E-state index is 0.0649. The Bertz CT molecular complexity index is 1900. The van der Waals surface area contributed by atoms with Gasteiger partial charge in [0.05, 0.1) is 0 Å². The van der Waals surface area contributed by atoms with E-state index in [1.165, 1.54) is 0 Å². The number of hydrogen-bond donors (Lipinski definition) is 2. The predicted molar refractivity (Wildman–Crippen MR) is 222 cm³/mol. The summed E-state index contributed by atoms with van der Waals surface area (Å²) in [6, 6.07) is 7.01. The summed E-state index contributed by atoms with van der Waals surface area (Å²) in [6.45, 7) is 22.8. The van der Waals surface area contributed by atoms with Crippen LogP contribution in [0.15, 0.2) is 24.3 Å². The highest BCUT2D eigenvalue weighted by Crippen LogP contribution is 2.50. The van der Waals surface area contributed by atoms with E-state index >= 15 is 0 Å². The Morgan fingerprint density at radius 2 is 1.02 bits per heavy atom. The van der Waals surface area contributed by atoms with Crippen molar-refractivity contribution in [2.24, 2.45) is 0 Å². The number of nitrogens with zero attached hydrogens (tertiary/aromatic N) is 2. The number of hydrogen-bond acceptors (Lipinski definition) is 13. The first-order valence-corrected chi connectivity index (χ1v) is 20.0. The van der Waals surface area contributed by atoms with Gasteiger partial charge in [-0.2, -0.15) is 0 Å². The second kappa shape index (κ2) is 19.3. The van der Waals surface area contributed by atoms with Gasteiger partial charge >= 0.3 is 36.3 Å². The lowest BCUT2D eigenvalue weighted by molar-refractivity contribution is -0.157. The SMILES string of the molecule is CC(C)(C)OC(=O)CN(CCNC(=O)Oc1c2c(c3ccccc3c1OC(=O)NCCN(CC(=O)OC(C)(C)C)C(=O)OC(C)(C)C)OC(C)(C)CC2)C(=O)OC(C)(C)C. The van der Waals surface area contributed by atoms with Crippen LogP contribution in [0.25, 0.3) is 10.8 Å². The zero-order valence-corrected chi connectivity index (χ0v) is 37.7. The Balaban J connectivity index is 1.88. The number of carbonyl (C=O) groups is 6. The van der Waals surface area contributed by atoms with Crippen LogP contribution < -0.4 is 24.8 Å². The van der Waals surface area contributed by atoms with E-state index in [1.54, 1.807) is 107 Å². The van der Waals surface area contributed by atoms with Crippen molar-refractivity contribution in [3.63, 3.8) is 0 Å². The number of carbonyl (C=O) groups excluding carboxylic acids is 6. The smallest absolute Gasteiger partial charge is 0.412 e. The molecule has 4 amide bonds. The molecule has 2 aromatic carbocycles. The maximum absolute atomic E-state index is 13.5. The number of fused-ring (bicyclic) bond motifs is 3. The van der Waals surface area contributed by atoms with Crippen molar-refractivity contribution in [3.05, 3.63) is 29.8 Å². The van der Waals surface area contributed by atoms with Crippen molar-refractivity contribution < 1.29 is 61.9 Å². The first kappa shape index (κ1) is 48.9. The summed E-state index contributed by atoms with van der Waals surface area (Å²) in [6.07, 6.45) is -2.53. The van der Waals surface area contributed by atoms with Crippen LogP contribution in [-0.4, -0.2) is 113 Å². The van der Waals surface area contributed by atoms with E-state index in [4.69, 9.17) is 33.2 Å². The Labute approximate surface area is 353 Å². The summed E-state index contributed by atoms with van der Waals surface area (Å²) in [5.74, 6) is -1.01. The Morgan fingerprint density at radius 1 is 0.617 bits per heavy atom. The van der Waals surface area contributed by atoms with Gasteiger partial charge in [0.25, 0.3) is 0 Å². The quantitative estimate of drug-likeness (QED) is 0.160. The molecule has 0 saturated carbocycles. The third-order valence-corrected chi connectivity index (χ3v) is 8.00. The Morgan fingerprint density at radius 3 is 1.43 bits per heavy atom. The zero-order valence-electron chi connectivity index (χ0n) is 37.7. The van der Waals surface area contributed by atoms with E-state index in [0.29, 0.717) is 34.9 Å². The van der Waals surface area contributed by atoms with Gasteiger partial charge in [-0.1, -0.05) is 24.3 Å². The van der Waals surface area contributed by atoms with E-state index in [2.05, 4.69) is 10.6 Å². The summed E-state index contributed by atoms with van der Waals surface area (Å²) < 4.78 is 40.0. The fraction of sp³-hybridized carbons (Fsp3) is 0.628. The van der Waals surface area contributed by atoms with Crippen molar-refractivity contribution in [2.75, 3.05) is 39.3 Å². The van der Waals surface area contributed by atoms with Crippen LogP contribution >= 0.6 is 0 Å². The van der Waals surface area contributed by atoms with Crippen LogP contribution in [0, 0.1) is 0 Å². The lowest BCUT2D eigenvalue weighted by Gasteiger charge is -2.34. The number of rotatable bonds is 12. The number of nitrogens with one attached hydrogen (secondary N) is 2. The third-order valence-electron chi connectivity index (χ3n) is 8.00. The molecule has 0 aliphatic carbocycles. The van der Waals surface area contributed by atoms with Crippen molar-refractivity contribution in [2.45, 2.75) is 138 Å². The van der Waals surface area contributed by atoms with E-state index < -0.39 is 77.4 Å². The molecular formula is C43H64N4O13. The van der Waals surface area contributed by atoms with Gasteiger partial charge in [-0.25, -0.2) is 19.2 Å². The average Bonchev–Trinajstić information content (AvgIpc) is 3.05. The summed E-state index contributed by atoms with van der Waals surface area (Å²) in [4.78, 5) is 80.7. The maximum atomic E-state index is 13.5. The van der Waals surface area contributed by atoms with Crippen LogP contribution in [0.1, 0.15) is 109 Å². The van der Waals surface area contributed by atoms with Crippen molar-refractivity contribution >= 4 is 47.1 Å². The van der Waals surface area contributed by atoms with Crippen molar-refractivity contribution in [3.8, 4) is 17.2 Å². The fourth-order valence-corrected chi connectivity index (χ4v) is 5.74. The van der Waals surface area contributed by atoms with Crippen molar-refractivity contribution in [1.82, 2.24) is 20.4 Å². The summed E-state index contributed by atoms with van der Waals surface area (Å²) in [5, 5.41) is 6.23. The molecule has 0 aromatic heterocycles. The number of amides is 4. The molecule has 1 aliphatic heterocycles. The highest BCUT2D eigenvalue weighted by Gasteiger charge is 2.35. The molecule has 0 atom stereocenters. The Hall–Kier alpha value is -5.48. The summed E-state index contributed by atoms with van der Waals surface area (Å²) in [5.41, 5.74) is -3.39. The monoisotopic (exact) mass is 844 g/mol. The summed E-state index contributed by atoms with van der Waals surface area (Å²) in [7, 11) is 0. The molecule has 2 N–H and O–H groups in total. The number of esters is 2. The molecule has 1 heterocycles. The first-order valence-electron chi connectivity index (χ1n) is 20.0. The standard InChI is InChI=1S/C43H64N4O13/c1-39(2,3)56-30(48)25-46(37(52)59-41(7,8)9)23-21-44-35(50)54-33-28-18-16-15-17-27(28)32-29(19-20-43(13,14)58-32)34(33)55-36(51)45-22-24-47(38(53)60-42(10,11)12)26-31(49)57-40(4,5)6/h15-18H,19-26H2,1-14H3,(H,44,50)(H,45,51). The van der Waals surface area contributed by atoms with Crippen LogP contribution in [0.4, 0.5) is 19.2 Å². The van der Waals surface area contributed by atoms with E-state index in [-0.39, 0.29) is 37.7 Å². The molecule has 0 saturated heterocycles. The molecule has 1 aliphatic rings. The van der Waals surface area contributed by atoms with Gasteiger partial charge in [-0.15, -0.1) is 0 Å². The molecule has 0 radical (unpaired) electrons. The molecular weight excluding hydrogens is 780 g/mol. The second-order valence-electron chi connectivity index (χ2n) is 19.0.